The number of carbonyl (C=O) groups is 1. The third-order valence-corrected chi connectivity index (χ3v) is 4.43. The van der Waals surface area contributed by atoms with Crippen molar-refractivity contribution in [1.29, 1.82) is 0 Å². The first kappa shape index (κ1) is 15.2. The van der Waals surface area contributed by atoms with E-state index in [0.717, 1.165) is 41.5 Å². The first-order valence-corrected chi connectivity index (χ1v) is 8.75. The highest BCUT2D eigenvalue weighted by Gasteiger charge is 2.13. The summed E-state index contributed by atoms with van der Waals surface area (Å²) < 4.78 is 2.03. The van der Waals surface area contributed by atoms with Crippen LogP contribution in [-0.4, -0.2) is 43.4 Å². The number of carboxylic acid groups (broad SMARTS) is 1. The summed E-state index contributed by atoms with van der Waals surface area (Å²) in [6, 6.07) is 3.75. The van der Waals surface area contributed by atoms with E-state index in [1.165, 1.54) is 11.8 Å². The number of hydrogen-bond acceptors (Lipinski definition) is 5. The van der Waals surface area contributed by atoms with Crippen molar-refractivity contribution in [2.45, 2.75) is 24.5 Å². The SMILES string of the molecule is CSCCCCn1c(SCC(=O)O)nc2cccnc21. The van der Waals surface area contributed by atoms with Gasteiger partial charge in [0.1, 0.15) is 5.52 Å². The van der Waals surface area contributed by atoms with Gasteiger partial charge in [-0.1, -0.05) is 11.8 Å². The Morgan fingerprint density at radius 1 is 1.45 bits per heavy atom. The number of carboxylic acids is 1. The van der Waals surface area contributed by atoms with Crippen molar-refractivity contribution in [2.75, 3.05) is 17.8 Å². The van der Waals surface area contributed by atoms with Gasteiger partial charge >= 0.3 is 5.97 Å². The van der Waals surface area contributed by atoms with Crippen molar-refractivity contribution in [3.63, 3.8) is 0 Å². The second-order valence-electron chi connectivity index (χ2n) is 4.27. The van der Waals surface area contributed by atoms with Gasteiger partial charge in [0, 0.05) is 12.7 Å². The van der Waals surface area contributed by atoms with Crippen LogP contribution in [0, 0.1) is 0 Å². The van der Waals surface area contributed by atoms with Gasteiger partial charge in [0.2, 0.25) is 0 Å². The van der Waals surface area contributed by atoms with Crippen molar-refractivity contribution >= 4 is 40.7 Å². The third kappa shape index (κ3) is 3.89. The Morgan fingerprint density at radius 2 is 2.30 bits per heavy atom. The summed E-state index contributed by atoms with van der Waals surface area (Å²) in [6.45, 7) is 0.829. The number of pyridine rings is 1. The summed E-state index contributed by atoms with van der Waals surface area (Å²) in [4.78, 5) is 19.6. The lowest BCUT2D eigenvalue weighted by molar-refractivity contribution is -0.133. The second kappa shape index (κ2) is 7.54. The number of aromatic nitrogens is 3. The molecule has 0 radical (unpaired) electrons. The Labute approximate surface area is 126 Å². The van der Waals surface area contributed by atoms with Gasteiger partial charge < -0.3 is 9.67 Å². The Kier molecular flexibility index (Phi) is 5.72. The molecule has 2 heterocycles. The van der Waals surface area contributed by atoms with Gasteiger partial charge in [-0.05, 0) is 37.0 Å². The van der Waals surface area contributed by atoms with Crippen LogP contribution in [0.2, 0.25) is 0 Å². The molecular weight excluding hydrogens is 294 g/mol. The molecule has 108 valence electrons. The molecule has 0 amide bonds. The summed E-state index contributed by atoms with van der Waals surface area (Å²) in [7, 11) is 0. The van der Waals surface area contributed by atoms with Gasteiger partial charge in [-0.3, -0.25) is 4.79 Å². The van der Waals surface area contributed by atoms with Crippen LogP contribution in [-0.2, 0) is 11.3 Å². The number of aryl methyl sites for hydroxylation is 1. The molecule has 0 atom stereocenters. The van der Waals surface area contributed by atoms with Crippen molar-refractivity contribution in [3.05, 3.63) is 18.3 Å². The lowest BCUT2D eigenvalue weighted by Crippen LogP contribution is -2.04. The predicted octanol–water partition coefficient (Wildman–Crippen LogP) is 2.75. The van der Waals surface area contributed by atoms with Crippen LogP contribution in [0.15, 0.2) is 23.5 Å². The number of fused-ring (bicyclic) bond motifs is 1. The van der Waals surface area contributed by atoms with Crippen LogP contribution in [0.1, 0.15) is 12.8 Å². The van der Waals surface area contributed by atoms with Crippen molar-refractivity contribution in [1.82, 2.24) is 14.5 Å². The molecule has 5 nitrogen and oxygen atoms in total. The fourth-order valence-electron chi connectivity index (χ4n) is 1.89. The standard InChI is InChI=1S/C13H17N3O2S2/c1-19-8-3-2-7-16-12-10(5-4-6-14-12)15-13(16)20-9-11(17)18/h4-6H,2-3,7-9H2,1H3,(H,17,18). The van der Waals surface area contributed by atoms with Crippen LogP contribution in [0.25, 0.3) is 11.2 Å². The average Bonchev–Trinajstić information content (AvgIpc) is 2.79. The minimum absolute atomic E-state index is 0.0220. The molecule has 2 aromatic heterocycles. The number of aliphatic carboxylic acids is 1. The molecule has 0 aliphatic rings. The van der Waals surface area contributed by atoms with Gasteiger partial charge in [-0.15, -0.1) is 0 Å². The lowest BCUT2D eigenvalue weighted by Gasteiger charge is -2.07. The van der Waals surface area contributed by atoms with Crippen LogP contribution in [0.4, 0.5) is 0 Å². The smallest absolute Gasteiger partial charge is 0.313 e. The summed E-state index contributed by atoms with van der Waals surface area (Å²) >= 11 is 3.09. The fourth-order valence-corrected chi connectivity index (χ4v) is 3.13. The Morgan fingerprint density at radius 3 is 3.05 bits per heavy atom. The number of rotatable bonds is 8. The molecule has 0 unspecified atom stereocenters. The normalized spacial score (nSPS) is 11.1. The molecule has 1 N–H and O–H groups in total. The van der Waals surface area contributed by atoms with E-state index < -0.39 is 5.97 Å². The Balaban J connectivity index is 2.18. The monoisotopic (exact) mass is 311 g/mol. The molecule has 0 aliphatic carbocycles. The molecule has 0 aromatic carbocycles. The highest BCUT2D eigenvalue weighted by Crippen LogP contribution is 2.23. The predicted molar refractivity (Wildman–Crippen MR) is 83.5 cm³/mol. The molecule has 0 saturated heterocycles. The molecule has 2 rings (SSSR count). The number of unbranched alkanes of at least 4 members (excludes halogenated alkanes) is 1. The van der Waals surface area contributed by atoms with E-state index in [1.807, 2.05) is 28.5 Å². The summed E-state index contributed by atoms with van der Waals surface area (Å²) in [5, 5.41) is 9.55. The van der Waals surface area contributed by atoms with E-state index in [2.05, 4.69) is 16.2 Å². The maximum atomic E-state index is 10.7. The molecule has 20 heavy (non-hydrogen) atoms. The molecule has 0 bridgehead atoms. The zero-order valence-electron chi connectivity index (χ0n) is 11.3. The number of nitrogens with zero attached hydrogens (tertiary/aromatic N) is 3. The highest BCUT2D eigenvalue weighted by atomic mass is 32.2. The summed E-state index contributed by atoms with van der Waals surface area (Å²) in [5.41, 5.74) is 1.66. The van der Waals surface area contributed by atoms with Crippen molar-refractivity contribution in [2.24, 2.45) is 0 Å². The topological polar surface area (TPSA) is 68.0 Å². The van der Waals surface area contributed by atoms with E-state index in [-0.39, 0.29) is 5.75 Å². The minimum Gasteiger partial charge on any atom is -0.481 e. The molecular formula is C13H17N3O2S2. The maximum absolute atomic E-state index is 10.7. The second-order valence-corrected chi connectivity index (χ2v) is 6.20. The largest absolute Gasteiger partial charge is 0.481 e. The maximum Gasteiger partial charge on any atom is 0.313 e. The first-order chi connectivity index (χ1) is 9.72. The van der Waals surface area contributed by atoms with E-state index in [4.69, 9.17) is 5.11 Å². The summed E-state index contributed by atoms with van der Waals surface area (Å²) in [5.74, 6) is 0.329. The fraction of sp³-hybridized carbons (Fsp3) is 0.462. The zero-order chi connectivity index (χ0) is 14.4. The third-order valence-electron chi connectivity index (χ3n) is 2.77. The van der Waals surface area contributed by atoms with E-state index in [0.29, 0.717) is 0 Å². The first-order valence-electron chi connectivity index (χ1n) is 6.37. The Hall–Kier alpha value is -1.21. The van der Waals surface area contributed by atoms with Gasteiger partial charge in [-0.2, -0.15) is 11.8 Å². The number of hydrogen-bond donors (Lipinski definition) is 1. The molecule has 0 spiro atoms. The highest BCUT2D eigenvalue weighted by molar-refractivity contribution is 7.99. The molecule has 0 aliphatic heterocycles. The quantitative estimate of drug-likeness (QED) is 0.597. The van der Waals surface area contributed by atoms with Crippen LogP contribution in [0.5, 0.6) is 0 Å². The van der Waals surface area contributed by atoms with Crippen molar-refractivity contribution in [3.8, 4) is 0 Å². The van der Waals surface area contributed by atoms with Gasteiger partial charge in [0.25, 0.3) is 0 Å². The lowest BCUT2D eigenvalue weighted by atomic mass is 10.3. The van der Waals surface area contributed by atoms with Gasteiger partial charge in [0.05, 0.1) is 5.75 Å². The molecule has 7 heteroatoms. The number of thioether (sulfide) groups is 2. The summed E-state index contributed by atoms with van der Waals surface area (Å²) in [6.07, 6.45) is 6.02. The zero-order valence-corrected chi connectivity index (χ0v) is 12.9. The van der Waals surface area contributed by atoms with Gasteiger partial charge in [-0.25, -0.2) is 9.97 Å². The molecule has 0 saturated carbocycles. The van der Waals surface area contributed by atoms with E-state index >= 15 is 0 Å². The minimum atomic E-state index is -0.830. The Bertz CT molecular complexity index is 586. The van der Waals surface area contributed by atoms with Gasteiger partial charge in [0.15, 0.2) is 10.8 Å². The van der Waals surface area contributed by atoms with E-state index in [1.54, 1.807) is 6.20 Å². The van der Waals surface area contributed by atoms with Crippen LogP contribution >= 0.6 is 23.5 Å². The molecule has 2 aromatic rings. The van der Waals surface area contributed by atoms with Crippen molar-refractivity contribution < 1.29 is 9.90 Å². The van der Waals surface area contributed by atoms with Crippen LogP contribution in [0.3, 0.4) is 0 Å². The average molecular weight is 311 g/mol. The van der Waals surface area contributed by atoms with E-state index in [9.17, 15) is 4.79 Å². The molecule has 0 fully saturated rings. The number of imidazole rings is 1. The van der Waals surface area contributed by atoms with Crippen LogP contribution < -0.4 is 0 Å².